The molecule has 21 heavy (non-hydrogen) atoms. The first-order chi connectivity index (χ1) is 9.97. The fraction of sp³-hybridized carbons (Fsp3) is 0.429. The molecule has 1 aromatic rings. The van der Waals surface area contributed by atoms with Gasteiger partial charge in [0.2, 0.25) is 0 Å². The van der Waals surface area contributed by atoms with E-state index in [0.717, 1.165) is 21.8 Å². The molecule has 1 amide bonds. The number of benzene rings is 1. The zero-order valence-corrected chi connectivity index (χ0v) is 14.4. The van der Waals surface area contributed by atoms with Crippen LogP contribution in [0.25, 0.3) is 0 Å². The molecule has 1 N–H and O–H groups in total. The second-order valence-corrected chi connectivity index (χ2v) is 6.61. The van der Waals surface area contributed by atoms with Crippen LogP contribution in [0.1, 0.15) is 19.3 Å². The Bertz CT molecular complexity index is 550. The maximum atomic E-state index is 12.2. The van der Waals surface area contributed by atoms with E-state index in [1.807, 2.05) is 12.1 Å². The van der Waals surface area contributed by atoms with E-state index in [9.17, 15) is 9.59 Å². The largest absolute Gasteiger partial charge is 0.483 e. The van der Waals surface area contributed by atoms with E-state index in [2.05, 4.69) is 31.9 Å². The molecule has 0 saturated carbocycles. The number of nitrogens with zero attached hydrogens (tertiary/aromatic N) is 1. The normalized spacial score (nSPS) is 17.8. The third-order valence-corrected chi connectivity index (χ3v) is 4.47. The SMILES string of the molecule is O=C(O)CC1CCCN1C(=O)COc1ccc(Br)cc1Br. The maximum absolute atomic E-state index is 12.2. The van der Waals surface area contributed by atoms with Gasteiger partial charge >= 0.3 is 5.97 Å². The number of carboxylic acid groups (broad SMARTS) is 1. The lowest BCUT2D eigenvalue weighted by Gasteiger charge is -2.23. The number of hydrogen-bond acceptors (Lipinski definition) is 3. The molecular weight excluding hydrogens is 406 g/mol. The van der Waals surface area contributed by atoms with E-state index >= 15 is 0 Å². The maximum Gasteiger partial charge on any atom is 0.305 e. The van der Waals surface area contributed by atoms with Gasteiger partial charge in [0, 0.05) is 17.1 Å². The Balaban J connectivity index is 1.93. The van der Waals surface area contributed by atoms with E-state index in [0.29, 0.717) is 12.3 Å². The monoisotopic (exact) mass is 419 g/mol. The van der Waals surface area contributed by atoms with Crippen LogP contribution in [0, 0.1) is 0 Å². The van der Waals surface area contributed by atoms with Crippen molar-refractivity contribution in [3.8, 4) is 5.75 Å². The van der Waals surface area contributed by atoms with Crippen LogP contribution < -0.4 is 4.74 Å². The summed E-state index contributed by atoms with van der Waals surface area (Å²) < 4.78 is 7.18. The smallest absolute Gasteiger partial charge is 0.305 e. The van der Waals surface area contributed by atoms with Gasteiger partial charge in [-0.1, -0.05) is 15.9 Å². The minimum Gasteiger partial charge on any atom is -0.483 e. The number of carboxylic acids is 1. The number of amides is 1. The molecule has 0 aromatic heterocycles. The van der Waals surface area contributed by atoms with Gasteiger partial charge in [0.1, 0.15) is 5.75 Å². The first-order valence-electron chi connectivity index (χ1n) is 6.56. The number of aliphatic carboxylic acids is 1. The number of hydrogen-bond donors (Lipinski definition) is 1. The summed E-state index contributed by atoms with van der Waals surface area (Å²) in [7, 11) is 0. The van der Waals surface area contributed by atoms with Gasteiger partial charge in [0.15, 0.2) is 6.61 Å². The van der Waals surface area contributed by atoms with Gasteiger partial charge in [-0.25, -0.2) is 0 Å². The minimum atomic E-state index is -0.878. The molecular formula is C14H15Br2NO4. The van der Waals surface area contributed by atoms with E-state index in [1.54, 1.807) is 11.0 Å². The molecule has 7 heteroatoms. The summed E-state index contributed by atoms with van der Waals surface area (Å²) in [6.07, 6.45) is 1.57. The summed E-state index contributed by atoms with van der Waals surface area (Å²) in [6.45, 7) is 0.512. The highest BCUT2D eigenvalue weighted by molar-refractivity contribution is 9.11. The molecule has 1 aliphatic rings. The van der Waals surface area contributed by atoms with Crippen molar-refractivity contribution in [1.29, 1.82) is 0 Å². The second kappa shape index (κ2) is 7.26. The molecule has 1 saturated heterocycles. The lowest BCUT2D eigenvalue weighted by molar-refractivity contribution is -0.140. The summed E-state index contributed by atoms with van der Waals surface area (Å²) in [4.78, 5) is 24.6. The van der Waals surface area contributed by atoms with E-state index in [-0.39, 0.29) is 25.0 Å². The van der Waals surface area contributed by atoms with Gasteiger partial charge < -0.3 is 14.7 Å². The lowest BCUT2D eigenvalue weighted by Crippen LogP contribution is -2.39. The van der Waals surface area contributed by atoms with Gasteiger partial charge in [-0.15, -0.1) is 0 Å². The van der Waals surface area contributed by atoms with Crippen molar-refractivity contribution in [1.82, 2.24) is 4.90 Å². The van der Waals surface area contributed by atoms with Crippen LogP contribution in [0.4, 0.5) is 0 Å². The molecule has 2 rings (SSSR count). The molecule has 1 heterocycles. The summed E-state index contributed by atoms with van der Waals surface area (Å²) in [6, 6.07) is 5.21. The molecule has 1 atom stereocenters. The molecule has 0 radical (unpaired) electrons. The lowest BCUT2D eigenvalue weighted by atomic mass is 10.1. The van der Waals surface area contributed by atoms with Crippen LogP contribution in [0.2, 0.25) is 0 Å². The Morgan fingerprint density at radius 1 is 1.38 bits per heavy atom. The average Bonchev–Trinajstić information content (AvgIpc) is 2.84. The minimum absolute atomic E-state index is 0.00623. The van der Waals surface area contributed by atoms with Crippen molar-refractivity contribution in [2.24, 2.45) is 0 Å². The predicted molar refractivity (Wildman–Crippen MR) is 84.3 cm³/mol. The highest BCUT2D eigenvalue weighted by Crippen LogP contribution is 2.28. The predicted octanol–water partition coefficient (Wildman–Crippen LogP) is 3.06. The van der Waals surface area contributed by atoms with Crippen molar-refractivity contribution in [2.75, 3.05) is 13.2 Å². The molecule has 5 nitrogen and oxygen atoms in total. The zero-order chi connectivity index (χ0) is 15.4. The van der Waals surface area contributed by atoms with Gasteiger partial charge in [0.05, 0.1) is 10.9 Å². The summed E-state index contributed by atoms with van der Waals surface area (Å²) in [5.41, 5.74) is 0. The number of halogens is 2. The number of carbonyl (C=O) groups is 2. The van der Waals surface area contributed by atoms with Crippen LogP contribution in [0.15, 0.2) is 27.1 Å². The van der Waals surface area contributed by atoms with Gasteiger partial charge in [-0.05, 0) is 47.0 Å². The second-order valence-electron chi connectivity index (χ2n) is 4.84. The first kappa shape index (κ1) is 16.3. The van der Waals surface area contributed by atoms with Crippen molar-refractivity contribution in [3.63, 3.8) is 0 Å². The van der Waals surface area contributed by atoms with Crippen LogP contribution in [0.5, 0.6) is 5.75 Å². The Hall–Kier alpha value is -1.08. The fourth-order valence-corrected chi connectivity index (χ4v) is 3.55. The number of ether oxygens (including phenoxy) is 1. The van der Waals surface area contributed by atoms with Crippen LogP contribution in [-0.2, 0) is 9.59 Å². The molecule has 1 aromatic carbocycles. The van der Waals surface area contributed by atoms with E-state index in [4.69, 9.17) is 9.84 Å². The number of rotatable bonds is 5. The van der Waals surface area contributed by atoms with Crippen LogP contribution in [-0.4, -0.2) is 41.1 Å². The summed E-state index contributed by atoms with van der Waals surface area (Å²) in [5, 5.41) is 8.86. The third kappa shape index (κ3) is 4.44. The zero-order valence-electron chi connectivity index (χ0n) is 11.2. The molecule has 0 spiro atoms. The Morgan fingerprint density at radius 3 is 2.81 bits per heavy atom. The van der Waals surface area contributed by atoms with Crippen molar-refractivity contribution in [2.45, 2.75) is 25.3 Å². The standard InChI is InChI=1S/C14H15Br2NO4/c15-9-3-4-12(11(16)6-9)21-8-13(18)17-5-1-2-10(17)7-14(19)20/h3-4,6,10H,1-2,5,7-8H2,(H,19,20). The molecule has 1 aliphatic heterocycles. The Kier molecular flexibility index (Phi) is 5.64. The quantitative estimate of drug-likeness (QED) is 0.794. The van der Waals surface area contributed by atoms with Gasteiger partial charge in [-0.2, -0.15) is 0 Å². The molecule has 114 valence electrons. The fourth-order valence-electron chi connectivity index (χ4n) is 2.39. The van der Waals surface area contributed by atoms with E-state index in [1.165, 1.54) is 0 Å². The topological polar surface area (TPSA) is 66.8 Å². The number of carbonyl (C=O) groups excluding carboxylic acids is 1. The van der Waals surface area contributed by atoms with Crippen LogP contribution >= 0.6 is 31.9 Å². The Morgan fingerprint density at radius 2 is 2.14 bits per heavy atom. The van der Waals surface area contributed by atoms with Crippen LogP contribution in [0.3, 0.4) is 0 Å². The highest BCUT2D eigenvalue weighted by atomic mass is 79.9. The van der Waals surface area contributed by atoms with Crippen molar-refractivity contribution < 1.29 is 19.4 Å². The van der Waals surface area contributed by atoms with Gasteiger partial charge in [-0.3, -0.25) is 9.59 Å². The summed E-state index contributed by atoms with van der Waals surface area (Å²) >= 11 is 6.71. The Labute approximate surface area is 139 Å². The molecule has 0 bridgehead atoms. The average molecular weight is 421 g/mol. The highest BCUT2D eigenvalue weighted by Gasteiger charge is 2.30. The number of likely N-dealkylation sites (tertiary alicyclic amines) is 1. The van der Waals surface area contributed by atoms with E-state index < -0.39 is 5.97 Å². The first-order valence-corrected chi connectivity index (χ1v) is 8.15. The molecule has 0 aliphatic carbocycles. The molecule has 1 unspecified atom stereocenters. The molecule has 1 fully saturated rings. The van der Waals surface area contributed by atoms with Gasteiger partial charge in [0.25, 0.3) is 5.91 Å². The summed E-state index contributed by atoms with van der Waals surface area (Å²) in [5.74, 6) is -0.467. The van der Waals surface area contributed by atoms with Crippen molar-refractivity contribution in [3.05, 3.63) is 27.1 Å². The van der Waals surface area contributed by atoms with Crippen molar-refractivity contribution >= 4 is 43.7 Å². The third-order valence-electron chi connectivity index (χ3n) is 3.35.